The number of piperazine rings is 1. The lowest BCUT2D eigenvalue weighted by Crippen LogP contribution is -2.49. The van der Waals surface area contributed by atoms with Gasteiger partial charge in [-0.3, -0.25) is 4.90 Å². The van der Waals surface area contributed by atoms with Crippen LogP contribution in [-0.2, 0) is 0 Å². The summed E-state index contributed by atoms with van der Waals surface area (Å²) in [5, 5.41) is 2.94. The number of rotatable bonds is 2. The Labute approximate surface area is 108 Å². The van der Waals surface area contributed by atoms with Crippen molar-refractivity contribution in [1.29, 1.82) is 0 Å². The first kappa shape index (κ1) is 13.6. The Morgan fingerprint density at radius 3 is 2.56 bits per heavy atom. The molecular weight excluding hydrogens is 267 g/mol. The van der Waals surface area contributed by atoms with Gasteiger partial charge in [0.25, 0.3) is 0 Å². The highest BCUT2D eigenvalue weighted by Crippen LogP contribution is 2.39. The van der Waals surface area contributed by atoms with Crippen LogP contribution in [0.25, 0.3) is 0 Å². The summed E-state index contributed by atoms with van der Waals surface area (Å²) in [4.78, 5) is 5.12. The molecule has 1 fully saturated rings. The molecule has 1 N–H and O–H groups in total. The summed E-state index contributed by atoms with van der Waals surface area (Å²) in [6.07, 6.45) is -2.97. The maximum atomic E-state index is 13.2. The Hall–Kier alpha value is -0.850. The van der Waals surface area contributed by atoms with Crippen LogP contribution in [0.5, 0.6) is 0 Å². The minimum Gasteiger partial charge on any atom is -0.314 e. The van der Waals surface area contributed by atoms with E-state index in [1.54, 1.807) is 0 Å². The van der Waals surface area contributed by atoms with Gasteiger partial charge in [-0.25, -0.2) is 4.98 Å². The van der Waals surface area contributed by atoms with E-state index in [0.717, 1.165) is 0 Å². The van der Waals surface area contributed by atoms with Gasteiger partial charge >= 0.3 is 6.18 Å². The van der Waals surface area contributed by atoms with Crippen LogP contribution in [0.2, 0.25) is 5.15 Å². The molecule has 0 radical (unpaired) electrons. The number of halogens is 4. The fourth-order valence-electron chi connectivity index (χ4n) is 2.12. The van der Waals surface area contributed by atoms with Gasteiger partial charge in [0, 0.05) is 37.9 Å². The van der Waals surface area contributed by atoms with Crippen LogP contribution >= 0.6 is 11.6 Å². The molecule has 1 aromatic heterocycles. The van der Waals surface area contributed by atoms with Gasteiger partial charge in [0.05, 0.1) is 0 Å². The lowest BCUT2D eigenvalue weighted by molar-refractivity contribution is -0.187. The van der Waals surface area contributed by atoms with Crippen LogP contribution in [0.3, 0.4) is 0 Å². The first-order valence-electron chi connectivity index (χ1n) is 5.62. The third kappa shape index (κ3) is 2.93. The van der Waals surface area contributed by atoms with Crippen molar-refractivity contribution in [2.75, 3.05) is 26.2 Å². The molecule has 0 aliphatic carbocycles. The van der Waals surface area contributed by atoms with Crippen molar-refractivity contribution in [3.8, 4) is 0 Å². The molecule has 2 rings (SSSR count). The fraction of sp³-hybridized carbons (Fsp3) is 0.545. The average molecular weight is 280 g/mol. The molecule has 0 spiro atoms. The molecule has 0 amide bonds. The molecule has 100 valence electrons. The number of hydrogen-bond donors (Lipinski definition) is 1. The van der Waals surface area contributed by atoms with Gasteiger partial charge in [0.2, 0.25) is 0 Å². The van der Waals surface area contributed by atoms with Gasteiger partial charge in [-0.15, -0.1) is 0 Å². The highest BCUT2D eigenvalue weighted by Gasteiger charge is 2.45. The largest absolute Gasteiger partial charge is 0.408 e. The highest BCUT2D eigenvalue weighted by molar-refractivity contribution is 6.30. The maximum Gasteiger partial charge on any atom is 0.408 e. The van der Waals surface area contributed by atoms with Crippen molar-refractivity contribution < 1.29 is 13.2 Å². The van der Waals surface area contributed by atoms with Gasteiger partial charge in [0.15, 0.2) is 0 Å². The molecule has 0 unspecified atom stereocenters. The third-order valence-electron chi connectivity index (χ3n) is 2.91. The number of pyridine rings is 1. The molecule has 1 aromatic rings. The summed E-state index contributed by atoms with van der Waals surface area (Å²) in [7, 11) is 0. The Kier molecular flexibility index (Phi) is 4.09. The predicted octanol–water partition coefficient (Wildman–Crippen LogP) is 2.24. The third-order valence-corrected chi connectivity index (χ3v) is 3.23. The van der Waals surface area contributed by atoms with E-state index in [1.165, 1.54) is 23.2 Å². The summed E-state index contributed by atoms with van der Waals surface area (Å²) >= 11 is 5.79. The Morgan fingerprint density at radius 1 is 1.33 bits per heavy atom. The summed E-state index contributed by atoms with van der Waals surface area (Å²) in [5.74, 6) is 0. The van der Waals surface area contributed by atoms with Gasteiger partial charge in [-0.2, -0.15) is 13.2 Å². The molecule has 0 aromatic carbocycles. The number of hydrogen-bond acceptors (Lipinski definition) is 3. The van der Waals surface area contributed by atoms with Crippen molar-refractivity contribution in [3.05, 3.63) is 29.0 Å². The number of nitrogens with one attached hydrogen (secondary N) is 1. The standard InChI is InChI=1S/C11H13ClF3N3/c12-10-8(2-1-3-17-10)9(11(13,14)15)18-6-4-16-5-7-18/h1-3,9,16H,4-7H2/t9-/m0/s1. The molecule has 3 nitrogen and oxygen atoms in total. The molecule has 1 aliphatic rings. The lowest BCUT2D eigenvalue weighted by atomic mass is 10.1. The summed E-state index contributed by atoms with van der Waals surface area (Å²) in [5.41, 5.74) is 0.0218. The SMILES string of the molecule is FC(F)(F)[C@H](c1cccnc1Cl)N1CCNCC1. The second kappa shape index (κ2) is 5.42. The zero-order chi connectivity index (χ0) is 13.2. The zero-order valence-corrected chi connectivity index (χ0v) is 10.3. The smallest absolute Gasteiger partial charge is 0.314 e. The van der Waals surface area contributed by atoms with Crippen molar-refractivity contribution in [2.24, 2.45) is 0 Å². The zero-order valence-electron chi connectivity index (χ0n) is 9.54. The molecule has 7 heteroatoms. The minimum atomic E-state index is -4.36. The first-order chi connectivity index (χ1) is 8.50. The number of aromatic nitrogens is 1. The normalized spacial score (nSPS) is 19.8. The van der Waals surface area contributed by atoms with Crippen LogP contribution < -0.4 is 5.32 Å². The van der Waals surface area contributed by atoms with Gasteiger partial charge in [0.1, 0.15) is 11.2 Å². The average Bonchev–Trinajstić information content (AvgIpc) is 2.32. The topological polar surface area (TPSA) is 28.2 Å². The van der Waals surface area contributed by atoms with Gasteiger partial charge in [-0.1, -0.05) is 17.7 Å². The summed E-state index contributed by atoms with van der Waals surface area (Å²) in [6, 6.07) is 1.18. The Morgan fingerprint density at radius 2 is 2.00 bits per heavy atom. The maximum absolute atomic E-state index is 13.2. The Bertz CT molecular complexity index is 405. The Balaban J connectivity index is 2.34. The van der Waals surface area contributed by atoms with E-state index in [9.17, 15) is 13.2 Å². The van der Waals surface area contributed by atoms with Crippen LogP contribution in [0.4, 0.5) is 13.2 Å². The predicted molar refractivity (Wildman–Crippen MR) is 62.5 cm³/mol. The molecule has 0 saturated carbocycles. The van der Waals surface area contributed by atoms with E-state index >= 15 is 0 Å². The molecule has 0 bridgehead atoms. The van der Waals surface area contributed by atoms with E-state index in [-0.39, 0.29) is 10.7 Å². The second-order valence-electron chi connectivity index (χ2n) is 4.11. The molecule has 1 aliphatic heterocycles. The minimum absolute atomic E-state index is 0.0218. The molecule has 2 heterocycles. The lowest BCUT2D eigenvalue weighted by Gasteiger charge is -2.36. The van der Waals surface area contributed by atoms with E-state index in [4.69, 9.17) is 11.6 Å². The molecular formula is C11H13ClF3N3. The van der Waals surface area contributed by atoms with Crippen molar-refractivity contribution in [2.45, 2.75) is 12.2 Å². The number of nitrogens with zero attached hydrogens (tertiary/aromatic N) is 2. The van der Waals surface area contributed by atoms with Crippen LogP contribution in [0.1, 0.15) is 11.6 Å². The quantitative estimate of drug-likeness (QED) is 0.842. The summed E-state index contributed by atoms with van der Waals surface area (Å²) in [6.45, 7) is 1.78. The van der Waals surface area contributed by atoms with Gasteiger partial charge in [-0.05, 0) is 6.07 Å². The fourth-order valence-corrected chi connectivity index (χ4v) is 2.35. The van der Waals surface area contributed by atoms with E-state index in [1.807, 2.05) is 0 Å². The molecule has 18 heavy (non-hydrogen) atoms. The van der Waals surface area contributed by atoms with Crippen LogP contribution in [-0.4, -0.2) is 42.2 Å². The van der Waals surface area contributed by atoms with Crippen molar-refractivity contribution in [1.82, 2.24) is 15.2 Å². The van der Waals surface area contributed by atoms with Crippen molar-refractivity contribution >= 4 is 11.6 Å². The van der Waals surface area contributed by atoms with Gasteiger partial charge < -0.3 is 5.32 Å². The van der Waals surface area contributed by atoms with Crippen molar-refractivity contribution in [3.63, 3.8) is 0 Å². The second-order valence-corrected chi connectivity index (χ2v) is 4.47. The first-order valence-corrected chi connectivity index (χ1v) is 6.00. The van der Waals surface area contributed by atoms with E-state index < -0.39 is 12.2 Å². The van der Waals surface area contributed by atoms with Crippen LogP contribution in [0, 0.1) is 0 Å². The van der Waals surface area contributed by atoms with Crippen LogP contribution in [0.15, 0.2) is 18.3 Å². The molecule has 1 saturated heterocycles. The summed E-state index contributed by atoms with van der Waals surface area (Å²) < 4.78 is 39.7. The monoisotopic (exact) mass is 279 g/mol. The number of alkyl halides is 3. The van der Waals surface area contributed by atoms with E-state index in [2.05, 4.69) is 10.3 Å². The molecule has 1 atom stereocenters. The highest BCUT2D eigenvalue weighted by atomic mass is 35.5. The van der Waals surface area contributed by atoms with E-state index in [0.29, 0.717) is 26.2 Å².